The van der Waals surface area contributed by atoms with Crippen LogP contribution in [-0.2, 0) is 0 Å². The van der Waals surface area contributed by atoms with Crippen molar-refractivity contribution in [2.75, 3.05) is 0 Å². The molecule has 0 bridgehead atoms. The molecule has 1 aromatic carbocycles. The Kier molecular flexibility index (Phi) is 4.01. The van der Waals surface area contributed by atoms with Crippen LogP contribution in [0, 0.1) is 11.3 Å². The molecule has 0 aliphatic carbocycles. The lowest BCUT2D eigenvalue weighted by Crippen LogP contribution is -2.24. The molecule has 0 spiro atoms. The minimum Gasteiger partial charge on any atom is -0.508 e. The highest BCUT2D eigenvalue weighted by molar-refractivity contribution is 5.29. The summed E-state index contributed by atoms with van der Waals surface area (Å²) >= 11 is 0. The quantitative estimate of drug-likeness (QED) is 0.791. The molecule has 0 radical (unpaired) electrons. The van der Waals surface area contributed by atoms with E-state index in [4.69, 9.17) is 0 Å². The van der Waals surface area contributed by atoms with E-state index < -0.39 is 0 Å². The molecule has 1 rings (SSSR count). The van der Waals surface area contributed by atoms with E-state index in [1.54, 1.807) is 12.1 Å². The lowest BCUT2D eigenvalue weighted by Gasteiger charge is -2.35. The molecule has 0 saturated carbocycles. The van der Waals surface area contributed by atoms with E-state index in [2.05, 4.69) is 46.8 Å². The van der Waals surface area contributed by atoms with Gasteiger partial charge in [-0.2, -0.15) is 0 Å². The van der Waals surface area contributed by atoms with Crippen molar-refractivity contribution < 1.29 is 5.11 Å². The summed E-state index contributed by atoms with van der Waals surface area (Å²) in [6.07, 6.45) is 1.18. The van der Waals surface area contributed by atoms with Gasteiger partial charge in [0, 0.05) is 0 Å². The van der Waals surface area contributed by atoms with Gasteiger partial charge in [-0.25, -0.2) is 0 Å². The van der Waals surface area contributed by atoms with Gasteiger partial charge in [-0.1, -0.05) is 53.2 Å². The van der Waals surface area contributed by atoms with Crippen LogP contribution in [0.4, 0.5) is 0 Å². The van der Waals surface area contributed by atoms with Gasteiger partial charge < -0.3 is 5.11 Å². The molecule has 2 atom stereocenters. The summed E-state index contributed by atoms with van der Waals surface area (Å²) in [4.78, 5) is 0. The summed E-state index contributed by atoms with van der Waals surface area (Å²) in [5.41, 5.74) is 1.59. The maximum Gasteiger partial charge on any atom is 0.115 e. The fraction of sp³-hybridized carbons (Fsp3) is 0.600. The van der Waals surface area contributed by atoms with Gasteiger partial charge in [0.05, 0.1) is 0 Å². The van der Waals surface area contributed by atoms with Crippen LogP contribution in [0.5, 0.6) is 5.75 Å². The summed E-state index contributed by atoms with van der Waals surface area (Å²) in [6, 6.07) is 7.68. The molecule has 1 nitrogen and oxygen atoms in total. The van der Waals surface area contributed by atoms with Crippen molar-refractivity contribution in [3.8, 4) is 5.75 Å². The molecule has 0 saturated heterocycles. The van der Waals surface area contributed by atoms with Crippen LogP contribution < -0.4 is 0 Å². The number of aromatic hydroxyl groups is 1. The van der Waals surface area contributed by atoms with E-state index in [1.807, 2.05) is 0 Å². The van der Waals surface area contributed by atoms with Gasteiger partial charge in [0.25, 0.3) is 0 Å². The summed E-state index contributed by atoms with van der Waals surface area (Å²) in [5, 5.41) is 9.34. The van der Waals surface area contributed by atoms with Crippen LogP contribution in [0.1, 0.15) is 52.5 Å². The van der Waals surface area contributed by atoms with E-state index in [1.165, 1.54) is 12.0 Å². The maximum atomic E-state index is 9.34. The molecule has 2 unspecified atom stereocenters. The van der Waals surface area contributed by atoms with Crippen molar-refractivity contribution in [3.63, 3.8) is 0 Å². The van der Waals surface area contributed by atoms with E-state index in [-0.39, 0.29) is 5.41 Å². The highest BCUT2D eigenvalue weighted by Crippen LogP contribution is 2.42. The molecule has 1 N–H and O–H groups in total. The molecule has 1 aromatic rings. The van der Waals surface area contributed by atoms with Crippen LogP contribution in [0.3, 0.4) is 0 Å². The summed E-state index contributed by atoms with van der Waals surface area (Å²) in [6.45, 7) is 11.4. The molecule has 0 aromatic heterocycles. The molecule has 0 fully saturated rings. The monoisotopic (exact) mass is 220 g/mol. The van der Waals surface area contributed by atoms with Crippen molar-refractivity contribution in [2.24, 2.45) is 11.3 Å². The normalized spacial score (nSPS) is 15.8. The molecular formula is C15H24O. The second-order valence-electron chi connectivity index (χ2n) is 5.82. The van der Waals surface area contributed by atoms with E-state index in [9.17, 15) is 5.11 Å². The Morgan fingerprint density at radius 2 is 1.62 bits per heavy atom. The van der Waals surface area contributed by atoms with Crippen LogP contribution in [0.25, 0.3) is 0 Å². The second-order valence-corrected chi connectivity index (χ2v) is 5.82. The van der Waals surface area contributed by atoms with Crippen LogP contribution in [0.2, 0.25) is 0 Å². The topological polar surface area (TPSA) is 20.2 Å². The predicted molar refractivity (Wildman–Crippen MR) is 69.8 cm³/mol. The van der Waals surface area contributed by atoms with Crippen molar-refractivity contribution in [1.29, 1.82) is 0 Å². The van der Waals surface area contributed by atoms with Gasteiger partial charge >= 0.3 is 0 Å². The van der Waals surface area contributed by atoms with Crippen molar-refractivity contribution in [1.82, 2.24) is 0 Å². The Bertz CT molecular complexity index is 318. The number of benzene rings is 1. The Labute approximate surface area is 99.5 Å². The molecule has 0 aliphatic heterocycles. The molecule has 0 aliphatic rings. The minimum atomic E-state index is 0.256. The first kappa shape index (κ1) is 13.1. The number of rotatable bonds is 3. The average molecular weight is 220 g/mol. The first-order valence-corrected chi connectivity index (χ1v) is 6.15. The standard InChI is InChI=1S/C15H24O/c1-6-11(2)14(15(3,4)5)12-7-9-13(16)10-8-12/h7-11,14,16H,6H2,1-5H3. The van der Waals surface area contributed by atoms with E-state index in [0.717, 1.165) is 0 Å². The van der Waals surface area contributed by atoms with E-state index in [0.29, 0.717) is 17.6 Å². The first-order valence-electron chi connectivity index (χ1n) is 6.15. The molecule has 16 heavy (non-hydrogen) atoms. The zero-order valence-corrected chi connectivity index (χ0v) is 11.1. The SMILES string of the molecule is CCC(C)C(c1ccc(O)cc1)C(C)(C)C. The molecule has 1 heteroatoms. The van der Waals surface area contributed by atoms with Gasteiger partial charge in [0.2, 0.25) is 0 Å². The number of hydrogen-bond acceptors (Lipinski definition) is 1. The summed E-state index contributed by atoms with van der Waals surface area (Å²) in [7, 11) is 0. The molecule has 0 heterocycles. The number of hydrogen-bond donors (Lipinski definition) is 1. The zero-order chi connectivity index (χ0) is 12.3. The summed E-state index contributed by atoms with van der Waals surface area (Å²) < 4.78 is 0. The second kappa shape index (κ2) is 4.90. The summed E-state index contributed by atoms with van der Waals surface area (Å²) in [5.74, 6) is 1.54. The third-order valence-corrected chi connectivity index (χ3v) is 3.40. The fourth-order valence-electron chi connectivity index (χ4n) is 2.60. The Hall–Kier alpha value is -0.980. The van der Waals surface area contributed by atoms with Gasteiger partial charge in [-0.05, 0) is 34.9 Å². The smallest absolute Gasteiger partial charge is 0.115 e. The third kappa shape index (κ3) is 3.01. The average Bonchev–Trinajstić information content (AvgIpc) is 2.19. The Morgan fingerprint density at radius 1 is 1.12 bits per heavy atom. The van der Waals surface area contributed by atoms with E-state index >= 15 is 0 Å². The lowest BCUT2D eigenvalue weighted by atomic mass is 9.69. The maximum absolute atomic E-state index is 9.34. The third-order valence-electron chi connectivity index (χ3n) is 3.40. The van der Waals surface area contributed by atoms with Gasteiger partial charge in [-0.15, -0.1) is 0 Å². The Balaban J connectivity index is 3.06. The fourth-order valence-corrected chi connectivity index (χ4v) is 2.60. The molecule has 90 valence electrons. The van der Waals surface area contributed by atoms with Crippen LogP contribution >= 0.6 is 0 Å². The minimum absolute atomic E-state index is 0.256. The van der Waals surface area contributed by atoms with Gasteiger partial charge in [-0.3, -0.25) is 0 Å². The largest absolute Gasteiger partial charge is 0.508 e. The van der Waals surface area contributed by atoms with Gasteiger partial charge in [0.15, 0.2) is 0 Å². The highest BCUT2D eigenvalue weighted by Gasteiger charge is 2.30. The lowest BCUT2D eigenvalue weighted by molar-refractivity contribution is 0.241. The highest BCUT2D eigenvalue weighted by atomic mass is 16.3. The predicted octanol–water partition coefficient (Wildman–Crippen LogP) is 4.57. The van der Waals surface area contributed by atoms with Crippen LogP contribution in [0.15, 0.2) is 24.3 Å². The van der Waals surface area contributed by atoms with Gasteiger partial charge in [0.1, 0.15) is 5.75 Å². The molecular weight excluding hydrogens is 196 g/mol. The Morgan fingerprint density at radius 3 is 2.00 bits per heavy atom. The number of phenolic OH excluding ortho intramolecular Hbond substituents is 1. The van der Waals surface area contributed by atoms with Crippen molar-refractivity contribution in [2.45, 2.75) is 47.0 Å². The van der Waals surface area contributed by atoms with Crippen molar-refractivity contribution in [3.05, 3.63) is 29.8 Å². The number of phenols is 1. The molecule has 0 amide bonds. The van der Waals surface area contributed by atoms with Crippen LogP contribution in [-0.4, -0.2) is 5.11 Å². The van der Waals surface area contributed by atoms with Crippen molar-refractivity contribution >= 4 is 0 Å². The zero-order valence-electron chi connectivity index (χ0n) is 11.1. The first-order chi connectivity index (χ1) is 7.36.